The van der Waals surface area contributed by atoms with Crippen LogP contribution < -0.4 is 0 Å². The summed E-state index contributed by atoms with van der Waals surface area (Å²) in [6.45, 7) is 4.82. The number of hydrogen-bond acceptors (Lipinski definition) is 3. The molecule has 5 heteroatoms. The number of halogens is 1. The molecular formula is C13H19FN2O2. The summed E-state index contributed by atoms with van der Waals surface area (Å²) in [4.78, 5) is 11.9. The first-order valence-corrected chi connectivity index (χ1v) is 6.12. The van der Waals surface area contributed by atoms with Gasteiger partial charge in [0.1, 0.15) is 0 Å². The standard InChI is InChI=1S/C13H19FN2O2/c1-4-11(5-2)15(3)9-10-6-7-13(16(17)18)12(14)8-10/h6-8,11H,4-5,9H2,1-3H3. The van der Waals surface area contributed by atoms with Gasteiger partial charge in [0, 0.05) is 18.7 Å². The molecule has 0 heterocycles. The van der Waals surface area contributed by atoms with Crippen LogP contribution in [0.25, 0.3) is 0 Å². The van der Waals surface area contributed by atoms with Gasteiger partial charge in [0.25, 0.3) is 0 Å². The minimum atomic E-state index is -0.768. The van der Waals surface area contributed by atoms with E-state index in [0.29, 0.717) is 12.6 Å². The van der Waals surface area contributed by atoms with Crippen molar-refractivity contribution in [1.29, 1.82) is 0 Å². The third kappa shape index (κ3) is 3.50. The maximum atomic E-state index is 13.5. The van der Waals surface area contributed by atoms with E-state index in [1.54, 1.807) is 6.07 Å². The quantitative estimate of drug-likeness (QED) is 0.577. The normalized spacial score (nSPS) is 11.2. The highest BCUT2D eigenvalue weighted by molar-refractivity contribution is 5.34. The smallest absolute Gasteiger partial charge is 0.299 e. The second-order valence-electron chi connectivity index (χ2n) is 4.43. The van der Waals surface area contributed by atoms with Crippen molar-refractivity contribution in [2.45, 2.75) is 39.3 Å². The predicted molar refractivity (Wildman–Crippen MR) is 68.9 cm³/mol. The molecule has 0 aromatic heterocycles. The number of nitro groups is 1. The summed E-state index contributed by atoms with van der Waals surface area (Å²) in [5.74, 6) is -0.768. The minimum Gasteiger partial charge on any atom is -0.299 e. The third-order valence-corrected chi connectivity index (χ3v) is 3.21. The zero-order chi connectivity index (χ0) is 13.7. The van der Waals surface area contributed by atoms with Crippen molar-refractivity contribution in [1.82, 2.24) is 4.90 Å². The Morgan fingerprint density at radius 3 is 2.44 bits per heavy atom. The van der Waals surface area contributed by atoms with E-state index in [1.165, 1.54) is 12.1 Å². The molecule has 1 rings (SSSR count). The monoisotopic (exact) mass is 254 g/mol. The highest BCUT2D eigenvalue weighted by atomic mass is 19.1. The van der Waals surface area contributed by atoms with E-state index in [0.717, 1.165) is 18.4 Å². The van der Waals surface area contributed by atoms with Crippen molar-refractivity contribution < 1.29 is 9.31 Å². The Balaban J connectivity index is 2.80. The summed E-state index contributed by atoms with van der Waals surface area (Å²) >= 11 is 0. The van der Waals surface area contributed by atoms with Crippen LogP contribution in [0.1, 0.15) is 32.3 Å². The molecule has 4 nitrogen and oxygen atoms in total. The van der Waals surface area contributed by atoms with Crippen molar-refractivity contribution in [3.63, 3.8) is 0 Å². The highest BCUT2D eigenvalue weighted by Gasteiger charge is 2.16. The Morgan fingerprint density at radius 2 is 2.00 bits per heavy atom. The molecule has 0 bridgehead atoms. The van der Waals surface area contributed by atoms with Gasteiger partial charge in [-0.15, -0.1) is 0 Å². The summed E-state index contributed by atoms with van der Waals surface area (Å²) in [6, 6.07) is 4.53. The lowest BCUT2D eigenvalue weighted by Crippen LogP contribution is -2.30. The Hall–Kier alpha value is -1.49. The van der Waals surface area contributed by atoms with Crippen LogP contribution in [0, 0.1) is 15.9 Å². The molecule has 0 fully saturated rings. The van der Waals surface area contributed by atoms with Gasteiger partial charge in [-0.05, 0) is 31.5 Å². The molecule has 0 atom stereocenters. The summed E-state index contributed by atoms with van der Waals surface area (Å²) in [7, 11) is 1.98. The molecular weight excluding hydrogens is 235 g/mol. The van der Waals surface area contributed by atoms with E-state index >= 15 is 0 Å². The van der Waals surface area contributed by atoms with Gasteiger partial charge in [-0.1, -0.05) is 19.9 Å². The van der Waals surface area contributed by atoms with Crippen LogP contribution in [-0.2, 0) is 6.54 Å². The van der Waals surface area contributed by atoms with Crippen molar-refractivity contribution in [3.05, 3.63) is 39.7 Å². The fourth-order valence-electron chi connectivity index (χ4n) is 2.13. The molecule has 0 spiro atoms. The van der Waals surface area contributed by atoms with Crippen molar-refractivity contribution in [2.24, 2.45) is 0 Å². The zero-order valence-corrected chi connectivity index (χ0v) is 11.0. The number of benzene rings is 1. The third-order valence-electron chi connectivity index (χ3n) is 3.21. The van der Waals surface area contributed by atoms with Crippen LogP contribution >= 0.6 is 0 Å². The number of nitrogens with zero attached hydrogens (tertiary/aromatic N) is 2. The van der Waals surface area contributed by atoms with Gasteiger partial charge in [0.2, 0.25) is 5.82 Å². The Bertz CT molecular complexity index is 419. The Morgan fingerprint density at radius 1 is 1.39 bits per heavy atom. The summed E-state index contributed by atoms with van der Waals surface area (Å²) in [5.41, 5.74) is 0.288. The molecule has 100 valence electrons. The molecule has 0 saturated heterocycles. The van der Waals surface area contributed by atoms with Crippen LogP contribution in [0.5, 0.6) is 0 Å². The molecule has 0 unspecified atom stereocenters. The van der Waals surface area contributed by atoms with E-state index < -0.39 is 16.4 Å². The van der Waals surface area contributed by atoms with E-state index in [-0.39, 0.29) is 0 Å². The molecule has 0 aliphatic heterocycles. The van der Waals surface area contributed by atoms with Crippen LogP contribution in [0.2, 0.25) is 0 Å². The summed E-state index contributed by atoms with van der Waals surface area (Å²) < 4.78 is 13.5. The molecule has 18 heavy (non-hydrogen) atoms. The van der Waals surface area contributed by atoms with Gasteiger partial charge >= 0.3 is 5.69 Å². The van der Waals surface area contributed by atoms with E-state index in [1.807, 2.05) is 7.05 Å². The summed E-state index contributed by atoms with van der Waals surface area (Å²) in [5, 5.41) is 10.5. The topological polar surface area (TPSA) is 46.4 Å². The largest absolute Gasteiger partial charge is 0.304 e. The highest BCUT2D eigenvalue weighted by Crippen LogP contribution is 2.19. The molecule has 0 N–H and O–H groups in total. The molecule has 1 aromatic carbocycles. The average molecular weight is 254 g/mol. The molecule has 0 aliphatic rings. The van der Waals surface area contributed by atoms with Gasteiger partial charge in [-0.3, -0.25) is 15.0 Å². The predicted octanol–water partition coefficient (Wildman–Crippen LogP) is 3.35. The van der Waals surface area contributed by atoms with Gasteiger partial charge in [0.15, 0.2) is 0 Å². The first kappa shape index (κ1) is 14.6. The van der Waals surface area contributed by atoms with E-state index in [9.17, 15) is 14.5 Å². The van der Waals surface area contributed by atoms with E-state index in [4.69, 9.17) is 0 Å². The van der Waals surface area contributed by atoms with Crippen molar-refractivity contribution in [3.8, 4) is 0 Å². The lowest BCUT2D eigenvalue weighted by Gasteiger charge is -2.26. The van der Waals surface area contributed by atoms with Gasteiger partial charge in [0.05, 0.1) is 4.92 Å². The number of nitro benzene ring substituents is 1. The maximum Gasteiger partial charge on any atom is 0.304 e. The van der Waals surface area contributed by atoms with Crippen LogP contribution in [-0.4, -0.2) is 22.9 Å². The zero-order valence-electron chi connectivity index (χ0n) is 11.0. The molecule has 0 saturated carbocycles. The van der Waals surface area contributed by atoms with Crippen LogP contribution in [0.3, 0.4) is 0 Å². The lowest BCUT2D eigenvalue weighted by atomic mass is 10.1. The van der Waals surface area contributed by atoms with Crippen molar-refractivity contribution in [2.75, 3.05) is 7.05 Å². The van der Waals surface area contributed by atoms with Gasteiger partial charge in [-0.25, -0.2) is 0 Å². The van der Waals surface area contributed by atoms with Crippen LogP contribution in [0.15, 0.2) is 18.2 Å². The molecule has 0 radical (unpaired) electrons. The van der Waals surface area contributed by atoms with Crippen LogP contribution in [0.4, 0.5) is 10.1 Å². The van der Waals surface area contributed by atoms with Crippen molar-refractivity contribution >= 4 is 5.69 Å². The Labute approximate surface area is 107 Å². The number of hydrogen-bond donors (Lipinski definition) is 0. The first-order chi connectivity index (χ1) is 8.49. The van der Waals surface area contributed by atoms with Gasteiger partial charge < -0.3 is 0 Å². The maximum absolute atomic E-state index is 13.5. The molecule has 1 aromatic rings. The lowest BCUT2D eigenvalue weighted by molar-refractivity contribution is -0.387. The first-order valence-electron chi connectivity index (χ1n) is 6.12. The number of rotatable bonds is 6. The minimum absolute atomic E-state index is 0.447. The molecule has 0 amide bonds. The SMILES string of the molecule is CCC(CC)N(C)Cc1ccc([N+](=O)[O-])c(F)c1. The summed E-state index contributed by atoms with van der Waals surface area (Å²) in [6.07, 6.45) is 2.06. The second-order valence-corrected chi connectivity index (χ2v) is 4.43. The van der Waals surface area contributed by atoms with E-state index in [2.05, 4.69) is 18.7 Å². The van der Waals surface area contributed by atoms with Gasteiger partial charge in [-0.2, -0.15) is 4.39 Å². The average Bonchev–Trinajstić information content (AvgIpc) is 2.30. The second kappa shape index (κ2) is 6.44. The molecule has 0 aliphatic carbocycles. The fourth-order valence-corrected chi connectivity index (χ4v) is 2.13. The fraction of sp³-hybridized carbons (Fsp3) is 0.538. The Kier molecular flexibility index (Phi) is 5.22.